The van der Waals surface area contributed by atoms with E-state index in [1.165, 1.54) is 11.3 Å². The predicted molar refractivity (Wildman–Crippen MR) is 81.3 cm³/mol. The number of hydrogen-bond donors (Lipinski definition) is 1. The monoisotopic (exact) mass is 268 g/mol. The lowest BCUT2D eigenvalue weighted by atomic mass is 10.0. The Morgan fingerprint density at radius 2 is 2.10 bits per heavy atom. The summed E-state index contributed by atoms with van der Waals surface area (Å²) < 4.78 is 0. The van der Waals surface area contributed by atoms with E-state index in [1.807, 2.05) is 19.1 Å². The van der Waals surface area contributed by atoms with Crippen LogP contribution >= 0.6 is 0 Å². The van der Waals surface area contributed by atoms with E-state index >= 15 is 0 Å². The Bertz CT molecular complexity index is 580. The number of aliphatic hydroxyl groups excluding tert-OH is 1. The summed E-state index contributed by atoms with van der Waals surface area (Å²) in [5, 5.41) is 9.83. The summed E-state index contributed by atoms with van der Waals surface area (Å²) in [7, 11) is 0. The molecule has 3 nitrogen and oxygen atoms in total. The SMILES string of the molecule is CC[C@@H](O)c1ccc(N2CCCc3ccccc32)nc1. The Hall–Kier alpha value is -1.87. The van der Waals surface area contributed by atoms with Gasteiger partial charge in [0.15, 0.2) is 0 Å². The maximum atomic E-state index is 9.83. The van der Waals surface area contributed by atoms with Gasteiger partial charge in [-0.3, -0.25) is 0 Å². The highest BCUT2D eigenvalue weighted by atomic mass is 16.3. The molecule has 104 valence electrons. The lowest BCUT2D eigenvalue weighted by molar-refractivity contribution is 0.173. The van der Waals surface area contributed by atoms with Gasteiger partial charge in [0.05, 0.1) is 6.10 Å². The zero-order chi connectivity index (χ0) is 13.9. The minimum absolute atomic E-state index is 0.412. The first kappa shape index (κ1) is 13.1. The molecule has 3 rings (SSSR count). The van der Waals surface area contributed by atoms with Crippen molar-refractivity contribution in [3.63, 3.8) is 0 Å². The fourth-order valence-electron chi connectivity index (χ4n) is 2.76. The lowest BCUT2D eigenvalue weighted by Crippen LogP contribution is -2.25. The fraction of sp³-hybridized carbons (Fsp3) is 0.353. The standard InChI is InChI=1S/C17H20N2O/c1-2-16(20)14-9-10-17(18-12-14)19-11-5-7-13-6-3-4-8-15(13)19/h3-4,6,8-10,12,16,20H,2,5,7,11H2,1H3/t16-/m1/s1. The third kappa shape index (κ3) is 2.41. The highest BCUT2D eigenvalue weighted by Crippen LogP contribution is 2.32. The molecule has 0 radical (unpaired) electrons. The smallest absolute Gasteiger partial charge is 0.132 e. The quantitative estimate of drug-likeness (QED) is 0.923. The Balaban J connectivity index is 1.91. The molecule has 1 aromatic heterocycles. The average molecular weight is 268 g/mol. The van der Waals surface area contributed by atoms with E-state index < -0.39 is 6.10 Å². The van der Waals surface area contributed by atoms with Crippen molar-refractivity contribution in [2.75, 3.05) is 11.4 Å². The number of rotatable bonds is 3. The van der Waals surface area contributed by atoms with Gasteiger partial charge in [0, 0.05) is 18.4 Å². The lowest BCUT2D eigenvalue weighted by Gasteiger charge is -2.30. The Labute approximate surface area is 119 Å². The van der Waals surface area contributed by atoms with Crippen LogP contribution in [0.15, 0.2) is 42.6 Å². The summed E-state index contributed by atoms with van der Waals surface area (Å²) >= 11 is 0. The van der Waals surface area contributed by atoms with Crippen molar-refractivity contribution in [2.24, 2.45) is 0 Å². The van der Waals surface area contributed by atoms with Crippen molar-refractivity contribution in [1.29, 1.82) is 0 Å². The molecule has 2 aromatic rings. The van der Waals surface area contributed by atoms with Crippen molar-refractivity contribution < 1.29 is 5.11 Å². The molecule has 1 atom stereocenters. The van der Waals surface area contributed by atoms with Gasteiger partial charge in [0.2, 0.25) is 0 Å². The summed E-state index contributed by atoms with van der Waals surface area (Å²) in [6.45, 7) is 2.97. The van der Waals surface area contributed by atoms with Gasteiger partial charge in [-0.25, -0.2) is 4.98 Å². The number of benzene rings is 1. The number of fused-ring (bicyclic) bond motifs is 1. The fourth-order valence-corrected chi connectivity index (χ4v) is 2.76. The minimum atomic E-state index is -0.412. The first-order chi connectivity index (χ1) is 9.79. The minimum Gasteiger partial charge on any atom is -0.388 e. The molecule has 1 aliphatic rings. The molecule has 0 unspecified atom stereocenters. The maximum Gasteiger partial charge on any atom is 0.132 e. The molecule has 0 amide bonds. The first-order valence-corrected chi connectivity index (χ1v) is 7.29. The van der Waals surface area contributed by atoms with Crippen LogP contribution in [-0.4, -0.2) is 16.6 Å². The molecule has 0 saturated heterocycles. The molecule has 0 bridgehead atoms. The number of anilines is 2. The van der Waals surface area contributed by atoms with Gasteiger partial charge >= 0.3 is 0 Å². The van der Waals surface area contributed by atoms with Gasteiger partial charge in [-0.15, -0.1) is 0 Å². The van der Waals surface area contributed by atoms with E-state index in [0.29, 0.717) is 6.42 Å². The van der Waals surface area contributed by atoms with E-state index in [9.17, 15) is 5.11 Å². The predicted octanol–water partition coefficient (Wildman–Crippen LogP) is 3.61. The summed E-state index contributed by atoms with van der Waals surface area (Å²) in [5.41, 5.74) is 3.54. The summed E-state index contributed by atoms with van der Waals surface area (Å²) in [5.74, 6) is 0.962. The largest absolute Gasteiger partial charge is 0.388 e. The Morgan fingerprint density at radius 1 is 1.25 bits per heavy atom. The van der Waals surface area contributed by atoms with E-state index in [-0.39, 0.29) is 0 Å². The summed E-state index contributed by atoms with van der Waals surface area (Å²) in [4.78, 5) is 6.80. The van der Waals surface area contributed by atoms with E-state index in [1.54, 1.807) is 6.20 Å². The van der Waals surface area contributed by atoms with Crippen molar-refractivity contribution >= 4 is 11.5 Å². The second-order valence-electron chi connectivity index (χ2n) is 5.26. The number of nitrogens with zero attached hydrogens (tertiary/aromatic N) is 2. The molecule has 0 spiro atoms. The second kappa shape index (κ2) is 5.63. The molecule has 0 aliphatic carbocycles. The topological polar surface area (TPSA) is 36.4 Å². The third-order valence-corrected chi connectivity index (χ3v) is 3.93. The zero-order valence-corrected chi connectivity index (χ0v) is 11.8. The molecule has 3 heteroatoms. The Kier molecular flexibility index (Phi) is 3.70. The molecule has 2 heterocycles. The number of para-hydroxylation sites is 1. The van der Waals surface area contributed by atoms with Crippen molar-refractivity contribution in [3.05, 3.63) is 53.7 Å². The van der Waals surface area contributed by atoms with E-state index in [4.69, 9.17) is 0 Å². The van der Waals surface area contributed by atoms with Gasteiger partial charge in [0.25, 0.3) is 0 Å². The summed E-state index contributed by atoms with van der Waals surface area (Å²) in [6, 6.07) is 12.5. The van der Waals surface area contributed by atoms with Crippen LogP contribution in [0.4, 0.5) is 11.5 Å². The van der Waals surface area contributed by atoms with Crippen molar-refractivity contribution in [1.82, 2.24) is 4.98 Å². The van der Waals surface area contributed by atoms with Crippen LogP contribution < -0.4 is 4.90 Å². The number of aromatic nitrogens is 1. The van der Waals surface area contributed by atoms with Crippen molar-refractivity contribution in [2.45, 2.75) is 32.3 Å². The molecule has 1 N–H and O–H groups in total. The molecule has 0 saturated carbocycles. The number of hydrogen-bond acceptors (Lipinski definition) is 3. The van der Waals surface area contributed by atoms with Crippen LogP contribution in [-0.2, 0) is 6.42 Å². The second-order valence-corrected chi connectivity index (χ2v) is 5.26. The van der Waals surface area contributed by atoms with Gasteiger partial charge in [-0.2, -0.15) is 0 Å². The first-order valence-electron chi connectivity index (χ1n) is 7.29. The molecule has 20 heavy (non-hydrogen) atoms. The van der Waals surface area contributed by atoms with Crippen LogP contribution in [0.2, 0.25) is 0 Å². The van der Waals surface area contributed by atoms with E-state index in [0.717, 1.165) is 30.8 Å². The normalized spacial score (nSPS) is 15.8. The molecular weight excluding hydrogens is 248 g/mol. The van der Waals surface area contributed by atoms with Crippen LogP contribution in [0.1, 0.15) is 37.0 Å². The van der Waals surface area contributed by atoms with Crippen LogP contribution in [0.5, 0.6) is 0 Å². The van der Waals surface area contributed by atoms with Crippen molar-refractivity contribution in [3.8, 4) is 0 Å². The van der Waals surface area contributed by atoms with Gasteiger partial charge in [0.1, 0.15) is 5.82 Å². The maximum absolute atomic E-state index is 9.83. The van der Waals surface area contributed by atoms with E-state index in [2.05, 4.69) is 34.1 Å². The molecule has 1 aliphatic heterocycles. The van der Waals surface area contributed by atoms with Gasteiger partial charge < -0.3 is 10.0 Å². The average Bonchev–Trinajstić information content (AvgIpc) is 2.54. The third-order valence-electron chi connectivity index (χ3n) is 3.93. The molecule has 1 aromatic carbocycles. The Morgan fingerprint density at radius 3 is 2.85 bits per heavy atom. The molecular formula is C17H20N2O. The van der Waals surface area contributed by atoms with Gasteiger partial charge in [-0.05, 0) is 42.5 Å². The van der Waals surface area contributed by atoms with Gasteiger partial charge in [-0.1, -0.05) is 31.2 Å². The highest BCUT2D eigenvalue weighted by Gasteiger charge is 2.18. The number of aliphatic hydroxyl groups is 1. The van der Waals surface area contributed by atoms with Crippen LogP contribution in [0, 0.1) is 0 Å². The zero-order valence-electron chi connectivity index (χ0n) is 11.8. The number of pyridine rings is 1. The van der Waals surface area contributed by atoms with Crippen LogP contribution in [0.3, 0.4) is 0 Å². The highest BCUT2D eigenvalue weighted by molar-refractivity contribution is 5.65. The summed E-state index contributed by atoms with van der Waals surface area (Å²) in [6.07, 6.45) is 4.39. The molecule has 0 fully saturated rings. The number of aryl methyl sites for hydroxylation is 1. The van der Waals surface area contributed by atoms with Crippen LogP contribution in [0.25, 0.3) is 0 Å².